The summed E-state index contributed by atoms with van der Waals surface area (Å²) >= 11 is 3.37. The average molecular weight is 314 g/mol. The molecule has 3 nitrogen and oxygen atoms in total. The lowest BCUT2D eigenvalue weighted by molar-refractivity contribution is -0.146. The van der Waals surface area contributed by atoms with Gasteiger partial charge >= 0.3 is 5.97 Å². The van der Waals surface area contributed by atoms with Crippen molar-refractivity contribution in [2.75, 3.05) is 5.33 Å². The number of esters is 1. The van der Waals surface area contributed by atoms with Crippen molar-refractivity contribution in [2.24, 2.45) is 5.73 Å². The molecule has 0 aliphatic rings. The molecule has 0 fully saturated rings. The average Bonchev–Trinajstić information content (AvgIpc) is 2.42. The Morgan fingerprint density at radius 1 is 1.22 bits per heavy atom. The molecule has 0 aromatic heterocycles. The Bertz CT molecular complexity index is 343. The van der Waals surface area contributed by atoms with Gasteiger partial charge in [0, 0.05) is 5.33 Å². The molecule has 0 heterocycles. The summed E-state index contributed by atoms with van der Waals surface area (Å²) in [6.07, 6.45) is 3.87. The lowest BCUT2D eigenvalue weighted by Gasteiger charge is -2.11. The number of carbonyl (C=O) groups is 1. The van der Waals surface area contributed by atoms with Crippen LogP contribution in [0.25, 0.3) is 0 Å². The third-order valence-corrected chi connectivity index (χ3v) is 3.24. The van der Waals surface area contributed by atoms with Gasteiger partial charge in [0.25, 0.3) is 0 Å². The van der Waals surface area contributed by atoms with Gasteiger partial charge in [-0.2, -0.15) is 0 Å². The van der Waals surface area contributed by atoms with Gasteiger partial charge < -0.3 is 10.5 Å². The molecule has 4 heteroatoms. The fraction of sp³-hybridized carbons (Fsp3) is 0.500. The predicted molar refractivity (Wildman–Crippen MR) is 76.5 cm³/mol. The van der Waals surface area contributed by atoms with Crippen LogP contribution in [-0.4, -0.2) is 17.3 Å². The lowest BCUT2D eigenvalue weighted by Crippen LogP contribution is -2.32. The Hall–Kier alpha value is -0.870. The van der Waals surface area contributed by atoms with Gasteiger partial charge in [-0.15, -0.1) is 0 Å². The zero-order chi connectivity index (χ0) is 13.2. The maximum Gasteiger partial charge on any atom is 0.323 e. The van der Waals surface area contributed by atoms with Crippen molar-refractivity contribution in [3.63, 3.8) is 0 Å². The summed E-state index contributed by atoms with van der Waals surface area (Å²) in [5.74, 6) is -0.308. The molecule has 0 radical (unpaired) electrons. The molecule has 0 bridgehead atoms. The molecule has 1 rings (SSSR count). The third-order valence-electron chi connectivity index (χ3n) is 2.68. The Labute approximate surface area is 117 Å². The molecule has 0 saturated carbocycles. The Balaban J connectivity index is 2.19. The number of ether oxygens (including phenoxy) is 1. The first-order valence-electron chi connectivity index (χ1n) is 6.26. The largest absolute Gasteiger partial charge is 0.460 e. The van der Waals surface area contributed by atoms with Crippen LogP contribution in [0.1, 0.15) is 31.2 Å². The van der Waals surface area contributed by atoms with Crippen LogP contribution in [0.2, 0.25) is 0 Å². The van der Waals surface area contributed by atoms with E-state index in [0.29, 0.717) is 13.0 Å². The molecular weight excluding hydrogens is 294 g/mol. The van der Waals surface area contributed by atoms with Gasteiger partial charge in [0.15, 0.2) is 0 Å². The molecule has 0 aliphatic heterocycles. The number of alkyl halides is 1. The van der Waals surface area contributed by atoms with Crippen molar-refractivity contribution in [2.45, 2.75) is 38.3 Å². The van der Waals surface area contributed by atoms with Crippen LogP contribution in [0, 0.1) is 0 Å². The molecule has 1 aromatic carbocycles. The second-order valence-corrected chi connectivity index (χ2v) is 5.03. The number of hydrogen-bond donors (Lipinski definition) is 1. The normalized spacial score (nSPS) is 12.1. The standard InChI is InChI=1S/C14H20BrNO2/c15-10-6-2-5-9-13(16)14(17)18-11-12-7-3-1-4-8-12/h1,3-4,7-8,13H,2,5-6,9-11,16H2. The SMILES string of the molecule is NC(CCCCCBr)C(=O)OCc1ccccc1. The molecule has 1 atom stereocenters. The third kappa shape index (κ3) is 6.17. The number of nitrogens with two attached hydrogens (primary N) is 1. The summed E-state index contributed by atoms with van der Waals surface area (Å²) in [7, 11) is 0. The first-order valence-corrected chi connectivity index (χ1v) is 7.38. The number of unbranched alkanes of at least 4 members (excludes halogenated alkanes) is 2. The molecule has 0 aliphatic carbocycles. The number of hydrogen-bond acceptors (Lipinski definition) is 3. The first-order chi connectivity index (χ1) is 8.74. The summed E-state index contributed by atoms with van der Waals surface area (Å²) < 4.78 is 5.17. The van der Waals surface area contributed by atoms with Gasteiger partial charge in [-0.05, 0) is 18.4 Å². The highest BCUT2D eigenvalue weighted by atomic mass is 79.9. The highest BCUT2D eigenvalue weighted by Gasteiger charge is 2.14. The van der Waals surface area contributed by atoms with E-state index in [4.69, 9.17) is 10.5 Å². The maximum absolute atomic E-state index is 11.6. The monoisotopic (exact) mass is 313 g/mol. The van der Waals surface area contributed by atoms with E-state index >= 15 is 0 Å². The number of halogens is 1. The first kappa shape index (κ1) is 15.2. The molecule has 0 amide bonds. The molecule has 1 aromatic rings. The molecule has 1 unspecified atom stereocenters. The van der Waals surface area contributed by atoms with E-state index in [9.17, 15) is 4.79 Å². The van der Waals surface area contributed by atoms with Crippen molar-refractivity contribution >= 4 is 21.9 Å². The van der Waals surface area contributed by atoms with Crippen LogP contribution in [-0.2, 0) is 16.1 Å². The predicted octanol–water partition coefficient (Wildman–Crippen LogP) is 3.01. The van der Waals surface area contributed by atoms with E-state index < -0.39 is 6.04 Å². The van der Waals surface area contributed by atoms with Gasteiger partial charge in [0.2, 0.25) is 0 Å². The zero-order valence-electron chi connectivity index (χ0n) is 10.5. The van der Waals surface area contributed by atoms with Gasteiger partial charge in [0.1, 0.15) is 12.6 Å². The van der Waals surface area contributed by atoms with Gasteiger partial charge in [-0.1, -0.05) is 59.1 Å². The van der Waals surface area contributed by atoms with Crippen molar-refractivity contribution in [1.29, 1.82) is 0 Å². The number of rotatable bonds is 8. The zero-order valence-corrected chi connectivity index (χ0v) is 12.1. The molecular formula is C14H20BrNO2. The van der Waals surface area contributed by atoms with Gasteiger partial charge in [-0.3, -0.25) is 4.79 Å². The van der Waals surface area contributed by atoms with E-state index in [0.717, 1.165) is 30.2 Å². The van der Waals surface area contributed by atoms with Crippen molar-refractivity contribution < 1.29 is 9.53 Å². The summed E-state index contributed by atoms with van der Waals surface area (Å²) in [6, 6.07) is 9.13. The molecule has 18 heavy (non-hydrogen) atoms. The second-order valence-electron chi connectivity index (χ2n) is 4.24. The molecule has 0 saturated heterocycles. The van der Waals surface area contributed by atoms with Gasteiger partial charge in [0.05, 0.1) is 0 Å². The highest BCUT2D eigenvalue weighted by Crippen LogP contribution is 2.07. The Morgan fingerprint density at radius 2 is 1.94 bits per heavy atom. The van der Waals surface area contributed by atoms with E-state index in [2.05, 4.69) is 15.9 Å². The molecule has 100 valence electrons. The van der Waals surface area contributed by atoms with Crippen LogP contribution >= 0.6 is 15.9 Å². The fourth-order valence-electron chi connectivity index (χ4n) is 1.59. The summed E-state index contributed by atoms with van der Waals surface area (Å²) in [5.41, 5.74) is 6.76. The van der Waals surface area contributed by atoms with Gasteiger partial charge in [-0.25, -0.2) is 0 Å². The Morgan fingerprint density at radius 3 is 2.61 bits per heavy atom. The summed E-state index contributed by atoms with van der Waals surface area (Å²) in [4.78, 5) is 11.6. The quantitative estimate of drug-likeness (QED) is 0.456. The molecule has 0 spiro atoms. The van der Waals surface area contributed by atoms with E-state index in [1.54, 1.807) is 0 Å². The van der Waals surface area contributed by atoms with Crippen molar-refractivity contribution in [3.05, 3.63) is 35.9 Å². The molecule has 2 N–H and O–H groups in total. The lowest BCUT2D eigenvalue weighted by atomic mass is 10.1. The van der Waals surface area contributed by atoms with E-state index in [-0.39, 0.29) is 5.97 Å². The smallest absolute Gasteiger partial charge is 0.323 e. The number of carbonyl (C=O) groups excluding carboxylic acids is 1. The minimum atomic E-state index is -0.496. The summed E-state index contributed by atoms with van der Waals surface area (Å²) in [6.45, 7) is 0.300. The fourth-order valence-corrected chi connectivity index (χ4v) is 1.99. The van der Waals surface area contributed by atoms with Crippen LogP contribution < -0.4 is 5.73 Å². The maximum atomic E-state index is 11.6. The Kier molecular flexibility index (Phi) is 7.69. The minimum Gasteiger partial charge on any atom is -0.460 e. The van der Waals surface area contributed by atoms with E-state index in [1.165, 1.54) is 0 Å². The van der Waals surface area contributed by atoms with Crippen LogP contribution in [0.4, 0.5) is 0 Å². The van der Waals surface area contributed by atoms with E-state index in [1.807, 2.05) is 30.3 Å². The highest BCUT2D eigenvalue weighted by molar-refractivity contribution is 9.09. The topological polar surface area (TPSA) is 52.3 Å². The van der Waals surface area contributed by atoms with Crippen LogP contribution in [0.15, 0.2) is 30.3 Å². The summed E-state index contributed by atoms with van der Waals surface area (Å²) in [5, 5.41) is 1.00. The number of benzene rings is 1. The second kappa shape index (κ2) is 9.11. The minimum absolute atomic E-state index is 0.300. The van der Waals surface area contributed by atoms with Crippen LogP contribution in [0.5, 0.6) is 0 Å². The van der Waals surface area contributed by atoms with Crippen molar-refractivity contribution in [1.82, 2.24) is 0 Å². The van der Waals surface area contributed by atoms with Crippen LogP contribution in [0.3, 0.4) is 0 Å². The van der Waals surface area contributed by atoms with Crippen molar-refractivity contribution in [3.8, 4) is 0 Å².